The zero-order chi connectivity index (χ0) is 19.8. The van der Waals surface area contributed by atoms with Gasteiger partial charge in [-0.2, -0.15) is 0 Å². The Kier molecular flexibility index (Phi) is 6.65. The molecule has 0 bridgehead atoms. The molecular weight excluding hydrogens is 356 g/mol. The SMILES string of the molecule is COC(=O)[C@H](OC(=O)c1ccccc1)[C@H](OC(=O)c1ccccc1)C(=O)O. The van der Waals surface area contributed by atoms with Crippen LogP contribution in [0.1, 0.15) is 20.7 Å². The maximum absolute atomic E-state index is 12.2. The van der Waals surface area contributed by atoms with Crippen LogP contribution in [0.5, 0.6) is 0 Å². The molecule has 0 amide bonds. The van der Waals surface area contributed by atoms with Gasteiger partial charge in [-0.3, -0.25) is 0 Å². The van der Waals surface area contributed by atoms with Crippen LogP contribution in [0.25, 0.3) is 0 Å². The van der Waals surface area contributed by atoms with Gasteiger partial charge in [-0.25, -0.2) is 19.2 Å². The standard InChI is InChI=1S/C19H16O8/c1-25-19(24)15(27-18(23)13-10-6-3-7-11-13)14(16(20)21)26-17(22)12-8-4-2-5-9-12/h2-11,14-15H,1H3,(H,20,21)/t14-,15+/m0/s1. The second-order valence-corrected chi connectivity index (χ2v) is 5.25. The molecule has 2 aromatic carbocycles. The minimum Gasteiger partial charge on any atom is -0.478 e. The molecule has 0 aromatic heterocycles. The minimum atomic E-state index is -2.09. The largest absolute Gasteiger partial charge is 0.478 e. The van der Waals surface area contributed by atoms with Crippen molar-refractivity contribution in [1.29, 1.82) is 0 Å². The topological polar surface area (TPSA) is 116 Å². The molecule has 2 rings (SSSR count). The number of carbonyl (C=O) groups is 4. The fourth-order valence-electron chi connectivity index (χ4n) is 2.11. The lowest BCUT2D eigenvalue weighted by Crippen LogP contribution is -2.46. The fourth-order valence-corrected chi connectivity index (χ4v) is 2.11. The lowest BCUT2D eigenvalue weighted by Gasteiger charge is -2.22. The molecule has 1 N–H and O–H groups in total. The van der Waals surface area contributed by atoms with Crippen molar-refractivity contribution in [2.45, 2.75) is 12.2 Å². The fraction of sp³-hybridized carbons (Fsp3) is 0.158. The highest BCUT2D eigenvalue weighted by atomic mass is 16.6. The summed E-state index contributed by atoms with van der Waals surface area (Å²) < 4.78 is 14.4. The van der Waals surface area contributed by atoms with E-state index in [2.05, 4.69) is 4.74 Å². The quantitative estimate of drug-likeness (QED) is 0.577. The maximum Gasteiger partial charge on any atom is 0.351 e. The van der Waals surface area contributed by atoms with E-state index in [0.717, 1.165) is 7.11 Å². The third kappa shape index (κ3) is 5.15. The molecule has 0 aliphatic carbocycles. The van der Waals surface area contributed by atoms with E-state index in [0.29, 0.717) is 0 Å². The Balaban J connectivity index is 2.25. The van der Waals surface area contributed by atoms with Crippen LogP contribution in [0.2, 0.25) is 0 Å². The molecule has 0 saturated carbocycles. The van der Waals surface area contributed by atoms with Crippen LogP contribution in [0, 0.1) is 0 Å². The second kappa shape index (κ2) is 9.14. The van der Waals surface area contributed by atoms with Crippen molar-refractivity contribution in [2.24, 2.45) is 0 Å². The molecule has 2 aromatic rings. The predicted molar refractivity (Wildman–Crippen MR) is 90.9 cm³/mol. The molecule has 0 fully saturated rings. The molecular formula is C19H16O8. The normalized spacial score (nSPS) is 12.3. The summed E-state index contributed by atoms with van der Waals surface area (Å²) in [5.74, 6) is -4.80. The van der Waals surface area contributed by atoms with Gasteiger partial charge < -0.3 is 19.3 Å². The van der Waals surface area contributed by atoms with E-state index in [4.69, 9.17) is 9.47 Å². The molecule has 0 aliphatic heterocycles. The molecule has 0 radical (unpaired) electrons. The average Bonchev–Trinajstić information content (AvgIpc) is 2.70. The van der Waals surface area contributed by atoms with E-state index in [-0.39, 0.29) is 11.1 Å². The lowest BCUT2D eigenvalue weighted by molar-refractivity contribution is -0.168. The summed E-state index contributed by atoms with van der Waals surface area (Å²) >= 11 is 0. The Morgan fingerprint density at radius 3 is 1.52 bits per heavy atom. The minimum absolute atomic E-state index is 0.0711. The Hall–Kier alpha value is -3.68. The summed E-state index contributed by atoms with van der Waals surface area (Å²) in [6.07, 6.45) is -4.06. The maximum atomic E-state index is 12.2. The van der Waals surface area contributed by atoms with Crippen molar-refractivity contribution in [3.8, 4) is 0 Å². The monoisotopic (exact) mass is 372 g/mol. The summed E-state index contributed by atoms with van der Waals surface area (Å²) in [7, 11) is 0.990. The zero-order valence-electron chi connectivity index (χ0n) is 14.2. The zero-order valence-corrected chi connectivity index (χ0v) is 14.2. The number of ether oxygens (including phenoxy) is 3. The van der Waals surface area contributed by atoms with E-state index < -0.39 is 36.1 Å². The van der Waals surface area contributed by atoms with Crippen LogP contribution in [0.4, 0.5) is 0 Å². The number of hydrogen-bond acceptors (Lipinski definition) is 7. The highest BCUT2D eigenvalue weighted by molar-refractivity contribution is 5.95. The summed E-state index contributed by atoms with van der Waals surface area (Å²) in [6, 6.07) is 15.2. The van der Waals surface area contributed by atoms with Gasteiger partial charge >= 0.3 is 23.9 Å². The van der Waals surface area contributed by atoms with Gasteiger partial charge in [0.15, 0.2) is 0 Å². The molecule has 0 spiro atoms. The van der Waals surface area contributed by atoms with E-state index in [9.17, 15) is 24.3 Å². The van der Waals surface area contributed by atoms with Gasteiger partial charge in [0.2, 0.25) is 12.2 Å². The summed E-state index contributed by atoms with van der Waals surface area (Å²) in [5, 5.41) is 9.39. The first kappa shape index (κ1) is 19.6. The number of carboxylic acid groups (broad SMARTS) is 1. The van der Waals surface area contributed by atoms with E-state index in [1.165, 1.54) is 24.3 Å². The first-order chi connectivity index (χ1) is 12.9. The van der Waals surface area contributed by atoms with Crippen LogP contribution in [-0.4, -0.2) is 48.3 Å². The molecule has 8 nitrogen and oxygen atoms in total. The average molecular weight is 372 g/mol. The molecule has 0 unspecified atom stereocenters. The Morgan fingerprint density at radius 2 is 1.15 bits per heavy atom. The van der Waals surface area contributed by atoms with E-state index >= 15 is 0 Å². The second-order valence-electron chi connectivity index (χ2n) is 5.25. The van der Waals surface area contributed by atoms with Crippen molar-refractivity contribution in [3.05, 3.63) is 71.8 Å². The highest BCUT2D eigenvalue weighted by Gasteiger charge is 2.41. The molecule has 8 heteroatoms. The smallest absolute Gasteiger partial charge is 0.351 e. The van der Waals surface area contributed by atoms with Gasteiger partial charge in [0.25, 0.3) is 0 Å². The number of hydrogen-bond donors (Lipinski definition) is 1. The summed E-state index contributed by atoms with van der Waals surface area (Å²) in [4.78, 5) is 47.9. The number of esters is 3. The predicted octanol–water partition coefficient (Wildman–Crippen LogP) is 1.70. The van der Waals surface area contributed by atoms with Gasteiger partial charge in [-0.05, 0) is 24.3 Å². The summed E-state index contributed by atoms with van der Waals surface area (Å²) in [5.41, 5.74) is 0.159. The van der Waals surface area contributed by atoms with Gasteiger partial charge in [-0.15, -0.1) is 0 Å². The molecule has 0 saturated heterocycles. The Bertz CT molecular complexity index is 816. The van der Waals surface area contributed by atoms with Crippen LogP contribution in [0.3, 0.4) is 0 Å². The van der Waals surface area contributed by atoms with Crippen molar-refractivity contribution in [3.63, 3.8) is 0 Å². The van der Waals surface area contributed by atoms with Crippen LogP contribution >= 0.6 is 0 Å². The third-order valence-electron chi connectivity index (χ3n) is 3.44. The molecule has 0 heterocycles. The molecule has 2 atom stereocenters. The van der Waals surface area contributed by atoms with E-state index in [1.54, 1.807) is 36.4 Å². The summed E-state index contributed by atoms with van der Waals surface area (Å²) in [6.45, 7) is 0. The number of methoxy groups -OCH3 is 1. The highest BCUT2D eigenvalue weighted by Crippen LogP contribution is 2.14. The first-order valence-electron chi connectivity index (χ1n) is 7.76. The third-order valence-corrected chi connectivity index (χ3v) is 3.44. The van der Waals surface area contributed by atoms with Crippen molar-refractivity contribution < 1.29 is 38.5 Å². The number of benzene rings is 2. The van der Waals surface area contributed by atoms with Gasteiger partial charge in [-0.1, -0.05) is 36.4 Å². The van der Waals surface area contributed by atoms with Gasteiger partial charge in [0.1, 0.15) is 0 Å². The number of aliphatic carboxylic acids is 1. The van der Waals surface area contributed by atoms with E-state index in [1.807, 2.05) is 0 Å². The van der Waals surface area contributed by atoms with Crippen molar-refractivity contribution in [1.82, 2.24) is 0 Å². The first-order valence-corrected chi connectivity index (χ1v) is 7.76. The lowest BCUT2D eigenvalue weighted by atomic mass is 10.1. The number of rotatable bonds is 7. The number of carbonyl (C=O) groups excluding carboxylic acids is 3. The number of carboxylic acids is 1. The van der Waals surface area contributed by atoms with Crippen LogP contribution in [0.15, 0.2) is 60.7 Å². The molecule has 0 aliphatic rings. The van der Waals surface area contributed by atoms with Crippen molar-refractivity contribution in [2.75, 3.05) is 7.11 Å². The van der Waals surface area contributed by atoms with Crippen molar-refractivity contribution >= 4 is 23.9 Å². The van der Waals surface area contributed by atoms with Crippen LogP contribution < -0.4 is 0 Å². The Morgan fingerprint density at radius 1 is 0.741 bits per heavy atom. The van der Waals surface area contributed by atoms with Gasteiger partial charge in [0, 0.05) is 0 Å². The van der Waals surface area contributed by atoms with Gasteiger partial charge in [0.05, 0.1) is 18.2 Å². The molecule has 27 heavy (non-hydrogen) atoms. The van der Waals surface area contributed by atoms with Crippen LogP contribution in [-0.2, 0) is 23.8 Å². The molecule has 140 valence electrons. The Labute approximate surface area is 154 Å².